The predicted octanol–water partition coefficient (Wildman–Crippen LogP) is 0.515. The van der Waals surface area contributed by atoms with Gasteiger partial charge in [-0.25, -0.2) is 4.98 Å². The number of pyridine rings is 1. The molecule has 1 fully saturated rings. The van der Waals surface area contributed by atoms with E-state index in [2.05, 4.69) is 20.5 Å². The van der Waals surface area contributed by atoms with E-state index in [0.29, 0.717) is 11.6 Å². The Labute approximate surface area is 217 Å². The van der Waals surface area contributed by atoms with Crippen LogP contribution in [0.4, 0.5) is 24.8 Å². The van der Waals surface area contributed by atoms with Gasteiger partial charge >= 0.3 is 6.18 Å². The molecule has 1 aliphatic heterocycles. The van der Waals surface area contributed by atoms with Crippen molar-refractivity contribution in [3.63, 3.8) is 0 Å². The summed E-state index contributed by atoms with van der Waals surface area (Å²) in [5, 5.41) is 16.6. The van der Waals surface area contributed by atoms with Crippen LogP contribution in [0.3, 0.4) is 0 Å². The SMILES string of the molecule is CCn1c(=C(C#N)C(=O)NCC(F)(F)F)sc(=CNc2cccc(NC(=O)CN3CCSCC3)n2)c1=O. The van der Waals surface area contributed by atoms with Gasteiger partial charge in [0.25, 0.3) is 11.5 Å². The first-order valence-electron chi connectivity index (χ1n) is 11.1. The summed E-state index contributed by atoms with van der Waals surface area (Å²) in [4.78, 5) is 43.7. The van der Waals surface area contributed by atoms with Crippen molar-refractivity contribution in [3.05, 3.63) is 37.7 Å². The molecule has 3 rings (SSSR count). The molecule has 10 nitrogen and oxygen atoms in total. The zero-order valence-electron chi connectivity index (χ0n) is 19.7. The highest BCUT2D eigenvalue weighted by molar-refractivity contribution is 7.99. The number of carbonyl (C=O) groups excluding carboxylic acids is 2. The molecule has 0 aromatic carbocycles. The molecule has 3 N–H and O–H groups in total. The average molecular weight is 556 g/mol. The number of nitrogens with one attached hydrogen (secondary N) is 3. The molecule has 2 aromatic rings. The highest BCUT2D eigenvalue weighted by Gasteiger charge is 2.29. The Hall–Kier alpha value is -3.35. The minimum atomic E-state index is -4.65. The lowest BCUT2D eigenvalue weighted by Gasteiger charge is -2.25. The minimum absolute atomic E-state index is 0.0622. The van der Waals surface area contributed by atoms with E-state index in [0.717, 1.165) is 40.5 Å². The van der Waals surface area contributed by atoms with Crippen molar-refractivity contribution in [3.8, 4) is 6.07 Å². The number of aromatic nitrogens is 2. The molecule has 0 atom stereocenters. The van der Waals surface area contributed by atoms with Gasteiger partial charge in [-0.05, 0) is 19.1 Å². The third-order valence-corrected chi connectivity index (χ3v) is 7.14. The number of amides is 2. The quantitative estimate of drug-likeness (QED) is 0.430. The molecule has 3 heterocycles. The van der Waals surface area contributed by atoms with Gasteiger partial charge in [0.2, 0.25) is 5.91 Å². The maximum Gasteiger partial charge on any atom is 0.405 e. The standard InChI is InChI=1S/C22H24F3N7O3S2/c1-2-32-20(35)15(37-21(32)14(10-26)19(34)28-13-22(23,24)25)11-27-16-4-3-5-17(29-16)30-18(33)12-31-6-8-36-9-7-31/h3-5,11H,2,6-9,12-13H2,1H3,(H,28,34)(H2,27,29,30,33). The molecule has 0 bridgehead atoms. The molecule has 15 heteroatoms. The topological polar surface area (TPSA) is 132 Å². The maximum atomic E-state index is 12.8. The second-order valence-electron chi connectivity index (χ2n) is 7.74. The third-order valence-electron chi connectivity index (χ3n) is 5.06. The van der Waals surface area contributed by atoms with Crippen molar-refractivity contribution in [2.45, 2.75) is 19.6 Å². The van der Waals surface area contributed by atoms with Crippen LogP contribution >= 0.6 is 23.1 Å². The largest absolute Gasteiger partial charge is 0.405 e. The summed E-state index contributed by atoms with van der Waals surface area (Å²) in [5.41, 5.74) is -1.13. The van der Waals surface area contributed by atoms with Gasteiger partial charge in [0.05, 0.1) is 6.54 Å². The van der Waals surface area contributed by atoms with Crippen LogP contribution in [-0.2, 0) is 16.1 Å². The monoisotopic (exact) mass is 555 g/mol. The zero-order chi connectivity index (χ0) is 27.0. The normalized spacial score (nSPS) is 15.6. The summed E-state index contributed by atoms with van der Waals surface area (Å²) in [6.45, 7) is 2.04. The molecule has 0 aliphatic carbocycles. The number of halogens is 3. The summed E-state index contributed by atoms with van der Waals surface area (Å²) < 4.78 is 38.6. The maximum absolute atomic E-state index is 12.8. The Kier molecular flexibility index (Phi) is 9.73. The van der Waals surface area contributed by atoms with E-state index in [9.17, 15) is 32.8 Å². The Morgan fingerprint density at radius 3 is 2.59 bits per heavy atom. The highest BCUT2D eigenvalue weighted by Crippen LogP contribution is 2.13. The first-order chi connectivity index (χ1) is 17.6. The first kappa shape index (κ1) is 28.2. The van der Waals surface area contributed by atoms with Crippen LogP contribution in [0.2, 0.25) is 0 Å². The van der Waals surface area contributed by atoms with Gasteiger partial charge in [0, 0.05) is 37.3 Å². The summed E-state index contributed by atoms with van der Waals surface area (Å²) in [6.07, 6.45) is -3.32. The van der Waals surface area contributed by atoms with E-state index in [1.807, 2.05) is 11.8 Å². The molecule has 0 spiro atoms. The number of carbonyl (C=O) groups is 2. The van der Waals surface area contributed by atoms with Crippen LogP contribution in [0.5, 0.6) is 0 Å². The van der Waals surface area contributed by atoms with Crippen molar-refractivity contribution in [2.24, 2.45) is 0 Å². The average Bonchev–Trinajstić information content (AvgIpc) is 3.17. The van der Waals surface area contributed by atoms with Gasteiger partial charge in [-0.2, -0.15) is 30.2 Å². The van der Waals surface area contributed by atoms with E-state index < -0.39 is 29.8 Å². The summed E-state index contributed by atoms with van der Waals surface area (Å²) in [7, 11) is 0. The minimum Gasteiger partial charge on any atom is -0.345 e. The van der Waals surface area contributed by atoms with Crippen LogP contribution in [0, 0.1) is 11.3 Å². The lowest BCUT2D eigenvalue weighted by atomic mass is 10.3. The number of hydrogen-bond donors (Lipinski definition) is 3. The highest BCUT2D eigenvalue weighted by atomic mass is 32.2. The van der Waals surface area contributed by atoms with E-state index in [-0.39, 0.29) is 28.2 Å². The molecular formula is C22H24F3N7O3S2. The fourth-order valence-electron chi connectivity index (χ4n) is 3.33. The molecule has 2 aromatic heterocycles. The fraction of sp³-hybridized carbons (Fsp3) is 0.409. The second kappa shape index (κ2) is 12.7. The molecule has 0 radical (unpaired) electrons. The van der Waals surface area contributed by atoms with E-state index in [1.165, 1.54) is 6.20 Å². The molecule has 37 heavy (non-hydrogen) atoms. The number of rotatable bonds is 8. The molecule has 2 amide bonds. The van der Waals surface area contributed by atoms with Crippen LogP contribution in [-0.4, -0.2) is 70.1 Å². The number of alkyl halides is 3. The molecule has 1 saturated heterocycles. The third kappa shape index (κ3) is 8.07. The second-order valence-corrected chi connectivity index (χ2v) is 9.99. The van der Waals surface area contributed by atoms with Crippen molar-refractivity contribution >= 4 is 58.3 Å². The Morgan fingerprint density at radius 1 is 1.24 bits per heavy atom. The number of nitrogens with zero attached hydrogens (tertiary/aromatic N) is 4. The Bertz CT molecular complexity index is 1360. The van der Waals surface area contributed by atoms with E-state index in [1.54, 1.807) is 36.5 Å². The van der Waals surface area contributed by atoms with Crippen LogP contribution in [0.1, 0.15) is 6.92 Å². The summed E-state index contributed by atoms with van der Waals surface area (Å²) in [6, 6.07) is 6.49. The van der Waals surface area contributed by atoms with Crippen molar-refractivity contribution < 1.29 is 22.8 Å². The van der Waals surface area contributed by atoms with Gasteiger partial charge in [0.1, 0.15) is 33.4 Å². The number of nitriles is 1. The van der Waals surface area contributed by atoms with Gasteiger partial charge in [0.15, 0.2) is 5.57 Å². The molecular weight excluding hydrogens is 531 g/mol. The van der Waals surface area contributed by atoms with E-state index >= 15 is 0 Å². The lowest BCUT2D eigenvalue weighted by Crippen LogP contribution is -2.38. The molecule has 198 valence electrons. The summed E-state index contributed by atoms with van der Waals surface area (Å²) in [5.74, 6) is 1.17. The Balaban J connectivity index is 1.80. The summed E-state index contributed by atoms with van der Waals surface area (Å²) >= 11 is 2.63. The number of hydrogen-bond acceptors (Lipinski definition) is 9. The number of anilines is 2. The van der Waals surface area contributed by atoms with Gasteiger partial charge < -0.3 is 16.0 Å². The molecule has 0 unspecified atom stereocenters. The molecule has 1 aliphatic rings. The number of thioether (sulfide) groups is 1. The smallest absolute Gasteiger partial charge is 0.345 e. The van der Waals surface area contributed by atoms with Crippen LogP contribution < -0.4 is 30.7 Å². The van der Waals surface area contributed by atoms with Crippen molar-refractivity contribution in [1.29, 1.82) is 5.26 Å². The predicted molar refractivity (Wildman–Crippen MR) is 136 cm³/mol. The first-order valence-corrected chi connectivity index (χ1v) is 13.1. The van der Waals surface area contributed by atoms with Crippen molar-refractivity contribution in [2.75, 3.05) is 48.3 Å². The fourth-order valence-corrected chi connectivity index (χ4v) is 5.39. The van der Waals surface area contributed by atoms with Crippen molar-refractivity contribution in [1.82, 2.24) is 19.8 Å². The van der Waals surface area contributed by atoms with Crippen LogP contribution in [0.15, 0.2) is 23.0 Å². The zero-order valence-corrected chi connectivity index (χ0v) is 21.4. The lowest BCUT2D eigenvalue weighted by molar-refractivity contribution is -0.135. The van der Waals surface area contributed by atoms with E-state index in [4.69, 9.17) is 0 Å². The number of thiazole rings is 1. The van der Waals surface area contributed by atoms with Gasteiger partial charge in [-0.3, -0.25) is 23.9 Å². The Morgan fingerprint density at radius 2 is 1.95 bits per heavy atom. The van der Waals surface area contributed by atoms with Gasteiger partial charge in [-0.15, -0.1) is 11.3 Å². The van der Waals surface area contributed by atoms with Gasteiger partial charge in [-0.1, -0.05) is 6.07 Å². The van der Waals surface area contributed by atoms with Crippen LogP contribution in [0.25, 0.3) is 11.8 Å². The molecule has 0 saturated carbocycles.